The Morgan fingerprint density at radius 1 is 1.40 bits per heavy atom. The molecule has 1 atom stereocenters. The van der Waals surface area contributed by atoms with E-state index in [-0.39, 0.29) is 0 Å². The van der Waals surface area contributed by atoms with Crippen LogP contribution in [0, 0.1) is 12.8 Å². The van der Waals surface area contributed by atoms with Gasteiger partial charge in [0.1, 0.15) is 0 Å². The second kappa shape index (κ2) is 7.65. The van der Waals surface area contributed by atoms with E-state index < -0.39 is 0 Å². The van der Waals surface area contributed by atoms with Crippen molar-refractivity contribution in [2.45, 2.75) is 33.2 Å². The van der Waals surface area contributed by atoms with Gasteiger partial charge in [0.2, 0.25) is 0 Å². The van der Waals surface area contributed by atoms with Crippen molar-refractivity contribution < 1.29 is 4.74 Å². The lowest BCUT2D eigenvalue weighted by atomic mass is 10.1. The lowest BCUT2D eigenvalue weighted by Gasteiger charge is -2.20. The van der Waals surface area contributed by atoms with E-state index >= 15 is 0 Å². The molecule has 0 bridgehead atoms. The summed E-state index contributed by atoms with van der Waals surface area (Å²) in [5.41, 5.74) is 4.16. The van der Waals surface area contributed by atoms with Crippen molar-refractivity contribution in [2.24, 2.45) is 5.92 Å². The average Bonchev–Trinajstić information content (AvgIpc) is 2.94. The van der Waals surface area contributed by atoms with Gasteiger partial charge in [-0.15, -0.1) is 0 Å². The molecule has 1 fully saturated rings. The summed E-state index contributed by atoms with van der Waals surface area (Å²) in [7, 11) is 1.74. The van der Waals surface area contributed by atoms with Gasteiger partial charge < -0.3 is 15.0 Å². The first kappa shape index (κ1) is 15.3. The maximum Gasteiger partial charge on any atom is 0.0587 e. The number of hydrogen-bond donors (Lipinski definition) is 1. The summed E-state index contributed by atoms with van der Waals surface area (Å²) in [4.78, 5) is 2.53. The van der Waals surface area contributed by atoms with Crippen LogP contribution in [0.1, 0.15) is 30.9 Å². The number of hydrogen-bond acceptors (Lipinski definition) is 3. The molecule has 0 radical (unpaired) electrons. The Labute approximate surface area is 123 Å². The first-order chi connectivity index (χ1) is 9.74. The van der Waals surface area contributed by atoms with Crippen LogP contribution < -0.4 is 10.2 Å². The Morgan fingerprint density at radius 2 is 2.25 bits per heavy atom. The van der Waals surface area contributed by atoms with E-state index in [2.05, 4.69) is 42.3 Å². The van der Waals surface area contributed by atoms with Crippen LogP contribution in [-0.2, 0) is 11.3 Å². The fourth-order valence-corrected chi connectivity index (χ4v) is 2.87. The molecule has 0 amide bonds. The van der Waals surface area contributed by atoms with Crippen LogP contribution in [0.2, 0.25) is 0 Å². The zero-order valence-electron chi connectivity index (χ0n) is 13.1. The molecule has 2 rings (SSSR count). The lowest BCUT2D eigenvalue weighted by Crippen LogP contribution is -2.21. The molecule has 1 saturated heterocycles. The highest BCUT2D eigenvalue weighted by Crippen LogP contribution is 2.27. The minimum Gasteiger partial charge on any atom is -0.383 e. The fourth-order valence-electron chi connectivity index (χ4n) is 2.87. The third-order valence-corrected chi connectivity index (χ3v) is 4.35. The van der Waals surface area contributed by atoms with Gasteiger partial charge in [-0.2, -0.15) is 0 Å². The summed E-state index contributed by atoms with van der Waals surface area (Å²) in [5.74, 6) is 0.880. The van der Waals surface area contributed by atoms with Crippen LogP contribution in [0.15, 0.2) is 18.2 Å². The van der Waals surface area contributed by atoms with Gasteiger partial charge >= 0.3 is 0 Å². The molecule has 0 saturated carbocycles. The maximum atomic E-state index is 5.05. The van der Waals surface area contributed by atoms with Crippen LogP contribution in [-0.4, -0.2) is 33.4 Å². The molecule has 1 aromatic carbocycles. The van der Waals surface area contributed by atoms with Crippen LogP contribution >= 0.6 is 0 Å². The summed E-state index contributed by atoms with van der Waals surface area (Å²) in [6.45, 7) is 9.54. The highest BCUT2D eigenvalue weighted by atomic mass is 16.5. The van der Waals surface area contributed by atoms with Crippen molar-refractivity contribution in [1.29, 1.82) is 0 Å². The third kappa shape index (κ3) is 3.97. The number of rotatable bonds is 7. The number of methoxy groups -OCH3 is 1. The van der Waals surface area contributed by atoms with Crippen molar-refractivity contribution >= 4 is 5.69 Å². The van der Waals surface area contributed by atoms with Crippen LogP contribution in [0.3, 0.4) is 0 Å². The number of benzene rings is 1. The van der Waals surface area contributed by atoms with Gasteiger partial charge in [0.05, 0.1) is 6.61 Å². The first-order valence-corrected chi connectivity index (χ1v) is 7.78. The van der Waals surface area contributed by atoms with E-state index in [1.54, 1.807) is 7.11 Å². The Morgan fingerprint density at radius 3 is 2.90 bits per heavy atom. The van der Waals surface area contributed by atoms with Gasteiger partial charge in [-0.3, -0.25) is 0 Å². The molecular formula is C17H28N2O. The number of nitrogens with one attached hydrogen (secondary N) is 1. The van der Waals surface area contributed by atoms with Crippen molar-refractivity contribution in [3.8, 4) is 0 Å². The summed E-state index contributed by atoms with van der Waals surface area (Å²) in [5, 5.41) is 3.41. The van der Waals surface area contributed by atoms with Crippen LogP contribution in [0.5, 0.6) is 0 Å². The smallest absolute Gasteiger partial charge is 0.0587 e. The monoisotopic (exact) mass is 276 g/mol. The van der Waals surface area contributed by atoms with Gasteiger partial charge in [-0.05, 0) is 42.5 Å². The SMILES string of the molecule is CCC1CCN(c2ccc(CNCCOC)c(C)c2)C1. The normalized spacial score (nSPS) is 18.8. The molecule has 0 aromatic heterocycles. The molecule has 1 aliphatic rings. The Bertz CT molecular complexity index is 419. The van der Waals surface area contributed by atoms with E-state index in [0.717, 1.165) is 25.6 Å². The summed E-state index contributed by atoms with van der Waals surface area (Å²) < 4.78 is 5.05. The Hall–Kier alpha value is -1.06. The van der Waals surface area contributed by atoms with Crippen molar-refractivity contribution in [3.63, 3.8) is 0 Å². The standard InChI is InChI=1S/C17H28N2O/c1-4-15-7-9-19(13-15)17-6-5-16(14(2)11-17)12-18-8-10-20-3/h5-6,11,15,18H,4,7-10,12-13H2,1-3H3. The number of nitrogens with zero attached hydrogens (tertiary/aromatic N) is 1. The quantitative estimate of drug-likeness (QED) is 0.775. The molecule has 3 heteroatoms. The third-order valence-electron chi connectivity index (χ3n) is 4.35. The van der Waals surface area contributed by atoms with Crippen LogP contribution in [0.4, 0.5) is 5.69 Å². The maximum absolute atomic E-state index is 5.05. The van der Waals surface area contributed by atoms with E-state index in [9.17, 15) is 0 Å². The van der Waals surface area contributed by atoms with Crippen molar-refractivity contribution in [3.05, 3.63) is 29.3 Å². The molecule has 1 aliphatic heterocycles. The second-order valence-electron chi connectivity index (χ2n) is 5.79. The van der Waals surface area contributed by atoms with E-state index in [1.165, 1.54) is 42.7 Å². The van der Waals surface area contributed by atoms with E-state index in [4.69, 9.17) is 4.74 Å². The molecule has 20 heavy (non-hydrogen) atoms. The van der Waals surface area contributed by atoms with Crippen molar-refractivity contribution in [1.82, 2.24) is 5.32 Å². The number of ether oxygens (including phenoxy) is 1. The first-order valence-electron chi connectivity index (χ1n) is 7.78. The lowest BCUT2D eigenvalue weighted by molar-refractivity contribution is 0.199. The average molecular weight is 276 g/mol. The molecular weight excluding hydrogens is 248 g/mol. The van der Waals surface area contributed by atoms with Gasteiger partial charge in [0.25, 0.3) is 0 Å². The molecule has 1 N–H and O–H groups in total. The highest BCUT2D eigenvalue weighted by molar-refractivity contribution is 5.51. The molecule has 1 heterocycles. The van der Waals surface area contributed by atoms with Gasteiger partial charge in [-0.25, -0.2) is 0 Å². The minimum absolute atomic E-state index is 0.767. The minimum atomic E-state index is 0.767. The van der Waals surface area contributed by atoms with Gasteiger partial charge in [-0.1, -0.05) is 19.4 Å². The van der Waals surface area contributed by atoms with E-state index in [0.29, 0.717) is 0 Å². The molecule has 112 valence electrons. The number of anilines is 1. The molecule has 3 nitrogen and oxygen atoms in total. The topological polar surface area (TPSA) is 24.5 Å². The zero-order valence-corrected chi connectivity index (χ0v) is 13.1. The molecule has 0 spiro atoms. The number of aryl methyl sites for hydroxylation is 1. The summed E-state index contributed by atoms with van der Waals surface area (Å²) >= 11 is 0. The van der Waals surface area contributed by atoms with Gasteiger partial charge in [0.15, 0.2) is 0 Å². The van der Waals surface area contributed by atoms with Gasteiger partial charge in [0, 0.05) is 39.0 Å². The Balaban J connectivity index is 1.92. The molecule has 1 aromatic rings. The summed E-state index contributed by atoms with van der Waals surface area (Å²) in [6.07, 6.45) is 2.65. The largest absolute Gasteiger partial charge is 0.383 e. The van der Waals surface area contributed by atoms with Crippen LogP contribution in [0.25, 0.3) is 0 Å². The zero-order chi connectivity index (χ0) is 14.4. The van der Waals surface area contributed by atoms with Crippen molar-refractivity contribution in [2.75, 3.05) is 38.3 Å². The second-order valence-corrected chi connectivity index (χ2v) is 5.79. The van der Waals surface area contributed by atoms with E-state index in [1.807, 2.05) is 0 Å². The molecule has 1 unspecified atom stereocenters. The predicted molar refractivity (Wildman–Crippen MR) is 85.4 cm³/mol. The highest BCUT2D eigenvalue weighted by Gasteiger charge is 2.21. The fraction of sp³-hybridized carbons (Fsp3) is 0.647. The summed E-state index contributed by atoms with van der Waals surface area (Å²) in [6, 6.07) is 6.88. The Kier molecular flexibility index (Phi) is 5.86. The predicted octanol–water partition coefficient (Wildman–Crippen LogP) is 2.97. The molecule has 0 aliphatic carbocycles.